The Kier molecular flexibility index (Phi) is 9.85. The second-order valence-corrected chi connectivity index (χ2v) is 10.8. The van der Waals surface area contributed by atoms with Crippen LogP contribution in [0.3, 0.4) is 0 Å². The van der Waals surface area contributed by atoms with E-state index in [9.17, 15) is 9.59 Å². The number of thiazole rings is 1. The number of ether oxygens (including phenoxy) is 2. The lowest BCUT2D eigenvalue weighted by molar-refractivity contribution is -0.118. The summed E-state index contributed by atoms with van der Waals surface area (Å²) in [5, 5.41) is 13.3. The number of hydrogen-bond donors (Lipinski definition) is 3. The van der Waals surface area contributed by atoms with Crippen molar-refractivity contribution in [1.29, 1.82) is 0 Å². The van der Waals surface area contributed by atoms with Crippen molar-refractivity contribution < 1.29 is 19.1 Å². The molecule has 0 aliphatic rings. The summed E-state index contributed by atoms with van der Waals surface area (Å²) in [6, 6.07) is 27.0. The quantitative estimate of drug-likeness (QED) is 0.105. The van der Waals surface area contributed by atoms with Crippen molar-refractivity contribution in [3.05, 3.63) is 118 Å². The Balaban J connectivity index is 1.15. The molecule has 222 valence electrons. The van der Waals surface area contributed by atoms with Gasteiger partial charge in [-0.2, -0.15) is 5.10 Å². The third-order valence-electron chi connectivity index (χ3n) is 6.32. The fourth-order valence-electron chi connectivity index (χ4n) is 4.01. The number of amides is 2. The first kappa shape index (κ1) is 30.3. The fourth-order valence-corrected chi connectivity index (χ4v) is 4.93. The van der Waals surface area contributed by atoms with Crippen molar-refractivity contribution in [1.82, 2.24) is 10.4 Å². The van der Waals surface area contributed by atoms with Crippen LogP contribution in [0.15, 0.2) is 101 Å². The Labute approximate surface area is 263 Å². The number of hydrazone groups is 1. The highest BCUT2D eigenvalue weighted by Gasteiger charge is 2.10. The number of aromatic nitrogens is 1. The first-order chi connectivity index (χ1) is 21.4. The fraction of sp³-hybridized carbons (Fsp3) is 0.0909. The number of carbonyl (C=O) groups is 2. The van der Waals surface area contributed by atoms with Crippen LogP contribution in [0.1, 0.15) is 21.5 Å². The number of halogens is 1. The molecule has 5 aromatic rings. The lowest BCUT2D eigenvalue weighted by Crippen LogP contribution is -2.20. The van der Waals surface area contributed by atoms with E-state index in [4.69, 9.17) is 21.1 Å². The van der Waals surface area contributed by atoms with Gasteiger partial charge in [-0.1, -0.05) is 41.4 Å². The molecule has 0 saturated heterocycles. The van der Waals surface area contributed by atoms with Gasteiger partial charge in [0.2, 0.25) is 0 Å². The summed E-state index contributed by atoms with van der Waals surface area (Å²) in [6.45, 7) is 1.80. The highest BCUT2D eigenvalue weighted by atomic mass is 35.5. The van der Waals surface area contributed by atoms with E-state index < -0.39 is 5.91 Å². The number of benzene rings is 4. The van der Waals surface area contributed by atoms with Crippen LogP contribution in [0, 0.1) is 6.92 Å². The van der Waals surface area contributed by atoms with Gasteiger partial charge in [0.15, 0.2) is 11.7 Å². The zero-order valence-electron chi connectivity index (χ0n) is 23.8. The lowest BCUT2D eigenvalue weighted by Gasteiger charge is -2.10. The minimum atomic E-state index is -0.392. The Morgan fingerprint density at radius 2 is 1.68 bits per heavy atom. The summed E-state index contributed by atoms with van der Waals surface area (Å²) in [6.07, 6.45) is 1.41. The zero-order chi connectivity index (χ0) is 30.9. The van der Waals surface area contributed by atoms with Gasteiger partial charge in [0.25, 0.3) is 11.8 Å². The van der Waals surface area contributed by atoms with E-state index in [2.05, 4.69) is 26.1 Å². The number of nitrogens with one attached hydrogen (secondary N) is 3. The second-order valence-electron chi connectivity index (χ2n) is 9.55. The van der Waals surface area contributed by atoms with Crippen LogP contribution in [-0.4, -0.2) is 36.7 Å². The molecule has 3 N–H and O–H groups in total. The summed E-state index contributed by atoms with van der Waals surface area (Å²) in [7, 11) is 1.57. The predicted molar refractivity (Wildman–Crippen MR) is 176 cm³/mol. The SMILES string of the molecule is COc1ccc(NC(=O)COc2ccc(Cl)cc2/C=N/NC(=O)c2ccc(-c3csc(Nc4ccc(C)cc4)n3)cc2)cc1. The summed E-state index contributed by atoms with van der Waals surface area (Å²) in [5.41, 5.74) is 7.89. The van der Waals surface area contributed by atoms with Crippen LogP contribution in [0.25, 0.3) is 11.3 Å². The molecular formula is C33H28ClN5O4S. The molecule has 0 fully saturated rings. The highest BCUT2D eigenvalue weighted by molar-refractivity contribution is 7.14. The van der Waals surface area contributed by atoms with E-state index >= 15 is 0 Å². The molecule has 0 spiro atoms. The van der Waals surface area contributed by atoms with Crippen molar-refractivity contribution in [2.24, 2.45) is 5.10 Å². The van der Waals surface area contributed by atoms with Gasteiger partial charge < -0.3 is 20.1 Å². The minimum Gasteiger partial charge on any atom is -0.497 e. The van der Waals surface area contributed by atoms with E-state index in [0.717, 1.165) is 22.1 Å². The minimum absolute atomic E-state index is 0.240. The van der Waals surface area contributed by atoms with Crippen LogP contribution in [-0.2, 0) is 4.79 Å². The number of nitrogens with zero attached hydrogens (tertiary/aromatic N) is 2. The number of methoxy groups -OCH3 is 1. The van der Waals surface area contributed by atoms with Gasteiger partial charge in [0.1, 0.15) is 11.5 Å². The highest BCUT2D eigenvalue weighted by Crippen LogP contribution is 2.28. The number of anilines is 3. The Hall–Kier alpha value is -5.19. The maximum atomic E-state index is 12.7. The number of rotatable bonds is 11. The van der Waals surface area contributed by atoms with Crippen molar-refractivity contribution in [3.8, 4) is 22.8 Å². The van der Waals surface area contributed by atoms with Crippen molar-refractivity contribution >= 4 is 57.5 Å². The molecule has 0 aliphatic heterocycles. The van der Waals surface area contributed by atoms with Crippen LogP contribution in [0.5, 0.6) is 11.5 Å². The summed E-state index contributed by atoms with van der Waals surface area (Å²) >= 11 is 7.66. The van der Waals surface area contributed by atoms with Gasteiger partial charge in [-0.25, -0.2) is 10.4 Å². The summed E-state index contributed by atoms with van der Waals surface area (Å²) < 4.78 is 10.8. The van der Waals surface area contributed by atoms with Crippen molar-refractivity contribution in [2.75, 3.05) is 24.4 Å². The molecule has 1 aromatic heterocycles. The molecular weight excluding hydrogens is 598 g/mol. The number of hydrogen-bond acceptors (Lipinski definition) is 8. The second kappa shape index (κ2) is 14.3. The third kappa shape index (κ3) is 8.21. The smallest absolute Gasteiger partial charge is 0.271 e. The predicted octanol–water partition coefficient (Wildman–Crippen LogP) is 7.31. The Bertz CT molecular complexity index is 1770. The molecule has 0 unspecified atom stereocenters. The van der Waals surface area contributed by atoms with Gasteiger partial charge in [-0.05, 0) is 73.7 Å². The van der Waals surface area contributed by atoms with E-state index in [1.165, 1.54) is 23.1 Å². The summed E-state index contributed by atoms with van der Waals surface area (Å²) in [4.78, 5) is 29.8. The van der Waals surface area contributed by atoms with Gasteiger partial charge in [0.05, 0.1) is 19.0 Å². The average molecular weight is 626 g/mol. The Morgan fingerprint density at radius 1 is 0.955 bits per heavy atom. The molecule has 0 atom stereocenters. The van der Waals surface area contributed by atoms with E-state index in [1.807, 2.05) is 48.7 Å². The molecule has 0 saturated carbocycles. The monoisotopic (exact) mass is 625 g/mol. The van der Waals surface area contributed by atoms with Crippen LogP contribution < -0.4 is 25.5 Å². The molecule has 44 heavy (non-hydrogen) atoms. The third-order valence-corrected chi connectivity index (χ3v) is 7.32. The molecule has 0 radical (unpaired) electrons. The molecule has 0 bridgehead atoms. The normalized spacial score (nSPS) is 10.8. The zero-order valence-corrected chi connectivity index (χ0v) is 25.4. The molecule has 5 rings (SSSR count). The maximum absolute atomic E-state index is 12.7. The Morgan fingerprint density at radius 3 is 2.41 bits per heavy atom. The van der Waals surface area contributed by atoms with E-state index in [-0.39, 0.29) is 12.5 Å². The number of aryl methyl sites for hydroxylation is 1. The van der Waals surface area contributed by atoms with E-state index in [0.29, 0.717) is 33.3 Å². The van der Waals surface area contributed by atoms with Crippen molar-refractivity contribution in [2.45, 2.75) is 6.92 Å². The standard InChI is InChI=1S/C33H28ClN5O4S/c1-21-3-10-27(11-4-21)37-33-38-29(20-44-33)22-5-7-23(8-6-22)32(41)39-35-18-24-17-25(34)9-16-30(24)43-19-31(40)36-26-12-14-28(42-2)15-13-26/h3-18,20H,19H2,1-2H3,(H,36,40)(H,37,38)(H,39,41)/b35-18+. The lowest BCUT2D eigenvalue weighted by atomic mass is 10.1. The molecule has 4 aromatic carbocycles. The largest absolute Gasteiger partial charge is 0.497 e. The maximum Gasteiger partial charge on any atom is 0.271 e. The molecule has 0 aliphatic carbocycles. The van der Waals surface area contributed by atoms with Crippen molar-refractivity contribution in [3.63, 3.8) is 0 Å². The first-order valence-electron chi connectivity index (χ1n) is 13.5. The first-order valence-corrected chi connectivity index (χ1v) is 14.7. The van der Waals surface area contributed by atoms with Gasteiger partial charge in [-0.15, -0.1) is 11.3 Å². The van der Waals surface area contributed by atoms with Gasteiger partial charge in [0, 0.05) is 38.5 Å². The van der Waals surface area contributed by atoms with Crippen LogP contribution in [0.2, 0.25) is 5.02 Å². The van der Waals surface area contributed by atoms with Gasteiger partial charge >= 0.3 is 0 Å². The molecule has 9 nitrogen and oxygen atoms in total. The average Bonchev–Trinajstić information content (AvgIpc) is 3.50. The summed E-state index contributed by atoms with van der Waals surface area (Å²) in [5.74, 6) is 0.323. The van der Waals surface area contributed by atoms with E-state index in [1.54, 1.807) is 61.7 Å². The van der Waals surface area contributed by atoms with Crippen LogP contribution >= 0.6 is 22.9 Å². The van der Waals surface area contributed by atoms with Crippen LogP contribution in [0.4, 0.5) is 16.5 Å². The number of carbonyl (C=O) groups excluding carboxylic acids is 2. The molecule has 11 heteroatoms. The molecule has 1 heterocycles. The van der Waals surface area contributed by atoms with Gasteiger partial charge in [-0.3, -0.25) is 9.59 Å². The topological polar surface area (TPSA) is 114 Å². The molecule has 2 amide bonds.